The number of fused-ring (bicyclic) bond motifs is 2. The van der Waals surface area contributed by atoms with E-state index in [2.05, 4.69) is 64.9 Å². The van der Waals surface area contributed by atoms with Crippen LogP contribution in [-0.2, 0) is 32.8 Å². The smallest absolute Gasteiger partial charge is 0.260 e. The first kappa shape index (κ1) is 53.5. The average molecular weight is 1090 g/mol. The fourth-order valence-electron chi connectivity index (χ4n) is 9.34. The molecule has 18 nitrogen and oxygen atoms in total. The van der Waals surface area contributed by atoms with Crippen molar-refractivity contribution in [1.29, 1.82) is 0 Å². The molecule has 0 atom stereocenters. The number of nitrogens with one attached hydrogen (secondary N) is 3. The lowest BCUT2D eigenvalue weighted by atomic mass is 10.0. The van der Waals surface area contributed by atoms with Gasteiger partial charge in [-0.1, -0.05) is 23.7 Å². The van der Waals surface area contributed by atoms with Crippen LogP contribution in [0.3, 0.4) is 0 Å². The standard InChI is InChI=1S/C28H32N6O3S.C26H26ClFN6O3S/c1-5-34-26-20(17-24(27(34)35)23-11-6-19(2)16-25(23)38(4,36)37)18-29-28(31-26)30-21-7-9-22(10-8-21)33-14-12-32(3)13-15-33;1-3-34-24-16(12-20(25(34)35)19-14-18(38(2,36)37)5-6-21(19)27)15-30-26(32-24)31-17-4-7-23(22(28)13-17)33-10-8-29-9-11-33/h6-11,16-18H,5,12-15H2,1-4H3,(H,29,30,31);4-7,12-15,29H,3,8-11H2,1-2H3,(H,30,31,32). The monoisotopic (exact) mass is 1090 g/mol. The minimum atomic E-state index is -3.54. The Morgan fingerprint density at radius 3 is 1.75 bits per heavy atom. The van der Waals surface area contributed by atoms with Gasteiger partial charge in [0.05, 0.1) is 15.5 Å². The molecule has 10 rings (SSSR count). The largest absolute Gasteiger partial charge is 0.369 e. The summed E-state index contributed by atoms with van der Waals surface area (Å²) < 4.78 is 67.0. The lowest BCUT2D eigenvalue weighted by molar-refractivity contribution is 0.313. The van der Waals surface area contributed by atoms with Gasteiger partial charge in [-0.2, -0.15) is 9.97 Å². The van der Waals surface area contributed by atoms with Crippen molar-refractivity contribution < 1.29 is 21.2 Å². The van der Waals surface area contributed by atoms with Crippen molar-refractivity contribution in [2.24, 2.45) is 0 Å². The zero-order valence-corrected chi connectivity index (χ0v) is 45.3. The van der Waals surface area contributed by atoms with Crippen LogP contribution < -0.4 is 36.9 Å². The second kappa shape index (κ2) is 22.1. The number of hydrogen-bond donors (Lipinski definition) is 3. The Kier molecular flexibility index (Phi) is 15.6. The number of aryl methyl sites for hydroxylation is 3. The minimum absolute atomic E-state index is 0.0606. The van der Waals surface area contributed by atoms with E-state index in [-0.39, 0.29) is 43.3 Å². The number of benzene rings is 4. The van der Waals surface area contributed by atoms with Gasteiger partial charge in [-0.05, 0) is 112 Å². The highest BCUT2D eigenvalue weighted by atomic mass is 35.5. The van der Waals surface area contributed by atoms with E-state index in [0.29, 0.717) is 69.2 Å². The van der Waals surface area contributed by atoms with Gasteiger partial charge in [-0.25, -0.2) is 31.2 Å². The Balaban J connectivity index is 0.000000186. The lowest BCUT2D eigenvalue weighted by Gasteiger charge is -2.34. The molecule has 0 spiro atoms. The second-order valence-electron chi connectivity index (χ2n) is 18.8. The van der Waals surface area contributed by atoms with Gasteiger partial charge in [0, 0.05) is 145 Å². The number of aromatic nitrogens is 6. The van der Waals surface area contributed by atoms with E-state index in [1.165, 1.54) is 34.5 Å². The van der Waals surface area contributed by atoms with Crippen LogP contribution in [0.5, 0.6) is 0 Å². The molecular formula is C54H58ClFN12O6S2. The average Bonchev–Trinajstić information content (AvgIpc) is 3.39. The third-order valence-electron chi connectivity index (χ3n) is 13.4. The van der Waals surface area contributed by atoms with E-state index in [1.807, 2.05) is 36.9 Å². The highest BCUT2D eigenvalue weighted by Gasteiger charge is 2.22. The molecule has 2 aliphatic heterocycles. The van der Waals surface area contributed by atoms with Gasteiger partial charge in [0.15, 0.2) is 19.7 Å². The second-order valence-corrected chi connectivity index (χ2v) is 23.2. The van der Waals surface area contributed by atoms with Gasteiger partial charge in [-0.3, -0.25) is 18.7 Å². The van der Waals surface area contributed by atoms with Crippen LogP contribution in [0.25, 0.3) is 44.3 Å². The topological polar surface area (TPSA) is 210 Å². The van der Waals surface area contributed by atoms with E-state index in [0.717, 1.165) is 76.1 Å². The van der Waals surface area contributed by atoms with Gasteiger partial charge < -0.3 is 30.7 Å². The van der Waals surface area contributed by atoms with Crippen LogP contribution >= 0.6 is 11.6 Å². The summed E-state index contributed by atoms with van der Waals surface area (Å²) >= 11 is 6.37. The lowest BCUT2D eigenvalue weighted by Crippen LogP contribution is -2.44. The molecule has 0 amide bonds. The normalized spacial score (nSPS) is 14.4. The molecule has 2 aliphatic rings. The Bertz CT molecular complexity index is 3870. The summed E-state index contributed by atoms with van der Waals surface area (Å²) in [5.74, 6) is 0.241. The number of halogens is 2. The molecule has 22 heteroatoms. The minimum Gasteiger partial charge on any atom is -0.369 e. The van der Waals surface area contributed by atoms with Crippen molar-refractivity contribution in [3.05, 3.63) is 141 Å². The Labute approximate surface area is 445 Å². The molecule has 4 aromatic heterocycles. The summed E-state index contributed by atoms with van der Waals surface area (Å²) in [5, 5.41) is 11.0. The highest BCUT2D eigenvalue weighted by Crippen LogP contribution is 2.32. The number of rotatable bonds is 12. The molecule has 0 saturated carbocycles. The van der Waals surface area contributed by atoms with Crippen LogP contribution in [-0.4, -0.2) is 123 Å². The van der Waals surface area contributed by atoms with Crippen LogP contribution in [0.2, 0.25) is 5.02 Å². The summed E-state index contributed by atoms with van der Waals surface area (Å²) in [5.41, 5.74) is 5.30. The van der Waals surface area contributed by atoms with Crippen molar-refractivity contribution in [3.8, 4) is 22.3 Å². The van der Waals surface area contributed by atoms with E-state index >= 15 is 0 Å². The van der Waals surface area contributed by atoms with Crippen LogP contribution in [0, 0.1) is 12.7 Å². The first-order valence-corrected chi connectivity index (χ1v) is 28.9. The summed E-state index contributed by atoms with van der Waals surface area (Å²) in [4.78, 5) is 51.9. The van der Waals surface area contributed by atoms with E-state index in [4.69, 9.17) is 11.6 Å². The molecule has 6 heterocycles. The Morgan fingerprint density at radius 1 is 0.632 bits per heavy atom. The summed E-state index contributed by atoms with van der Waals surface area (Å²) in [6.45, 7) is 13.3. The van der Waals surface area contributed by atoms with E-state index in [1.54, 1.807) is 60.3 Å². The molecule has 0 bridgehead atoms. The third kappa shape index (κ3) is 11.6. The fraction of sp³-hybridized carbons (Fsp3) is 0.296. The predicted molar refractivity (Wildman–Crippen MR) is 300 cm³/mol. The Hall–Kier alpha value is -7.30. The summed E-state index contributed by atoms with van der Waals surface area (Å²) in [7, 11) is -4.90. The molecule has 0 radical (unpaired) electrons. The number of pyridine rings is 2. The summed E-state index contributed by atoms with van der Waals surface area (Å²) in [6, 6.07) is 25.7. The number of hydrogen-bond acceptors (Lipinski definition) is 16. The van der Waals surface area contributed by atoms with Gasteiger partial charge >= 0.3 is 0 Å². The SMILES string of the molecule is CCn1c(=O)c(-c2cc(S(C)(=O)=O)ccc2Cl)cc2cnc(Nc3ccc(N4CCNCC4)c(F)c3)nc21.CCn1c(=O)c(-c2ccc(C)cc2S(C)(=O)=O)cc2cnc(Nc3ccc(N4CCN(C)CC4)cc3)nc21. The maximum absolute atomic E-state index is 14.9. The molecule has 396 valence electrons. The molecular weight excluding hydrogens is 1030 g/mol. The number of sulfone groups is 2. The van der Waals surface area contributed by atoms with Gasteiger partial charge in [0.1, 0.15) is 17.1 Å². The maximum atomic E-state index is 14.9. The van der Waals surface area contributed by atoms with E-state index < -0.39 is 19.7 Å². The third-order valence-corrected chi connectivity index (χ3v) is 16.0. The van der Waals surface area contributed by atoms with Crippen molar-refractivity contribution in [1.82, 2.24) is 39.3 Å². The van der Waals surface area contributed by atoms with Crippen LogP contribution in [0.1, 0.15) is 19.4 Å². The molecule has 0 unspecified atom stereocenters. The quantitative estimate of drug-likeness (QED) is 0.108. The van der Waals surface area contributed by atoms with Gasteiger partial charge in [0.2, 0.25) is 11.9 Å². The zero-order valence-electron chi connectivity index (χ0n) is 42.9. The predicted octanol–water partition coefficient (Wildman–Crippen LogP) is 7.51. The van der Waals surface area contributed by atoms with Crippen LogP contribution in [0.4, 0.5) is 39.0 Å². The molecule has 76 heavy (non-hydrogen) atoms. The fourth-order valence-corrected chi connectivity index (χ4v) is 11.2. The number of anilines is 6. The number of nitrogens with zero attached hydrogens (tertiary/aromatic N) is 9. The molecule has 0 aliphatic carbocycles. The maximum Gasteiger partial charge on any atom is 0.260 e. The van der Waals surface area contributed by atoms with Crippen molar-refractivity contribution in [2.75, 3.05) is 92.4 Å². The number of piperazine rings is 2. The summed E-state index contributed by atoms with van der Waals surface area (Å²) in [6.07, 6.45) is 5.47. The first-order valence-electron chi connectivity index (χ1n) is 24.7. The molecule has 2 fully saturated rings. The van der Waals surface area contributed by atoms with E-state index in [9.17, 15) is 30.8 Å². The van der Waals surface area contributed by atoms with Gasteiger partial charge in [0.25, 0.3) is 11.1 Å². The first-order chi connectivity index (χ1) is 36.3. The molecule has 3 N–H and O–H groups in total. The van der Waals surface area contributed by atoms with Crippen LogP contribution in [0.15, 0.2) is 123 Å². The van der Waals surface area contributed by atoms with Crippen molar-refractivity contribution >= 4 is 88.0 Å². The Morgan fingerprint density at radius 2 is 1.20 bits per heavy atom. The van der Waals surface area contributed by atoms with Crippen molar-refractivity contribution in [3.63, 3.8) is 0 Å². The highest BCUT2D eigenvalue weighted by molar-refractivity contribution is 7.91. The number of likely N-dealkylation sites (N-methyl/N-ethyl adjacent to an activating group) is 1. The van der Waals surface area contributed by atoms with Gasteiger partial charge in [-0.15, -0.1) is 0 Å². The molecule has 8 aromatic rings. The zero-order chi connectivity index (χ0) is 54.1. The molecule has 4 aromatic carbocycles. The molecule has 2 saturated heterocycles. The van der Waals surface area contributed by atoms with Crippen molar-refractivity contribution in [2.45, 2.75) is 43.7 Å².